The lowest BCUT2D eigenvalue weighted by molar-refractivity contribution is 0.0680. The first-order valence-electron chi connectivity index (χ1n) is 7.39. The Morgan fingerprint density at radius 3 is 2.96 bits per heavy atom. The Bertz CT molecular complexity index is 737. The summed E-state index contributed by atoms with van der Waals surface area (Å²) < 4.78 is 18.6. The molecule has 2 aromatic heterocycles. The van der Waals surface area contributed by atoms with Crippen molar-refractivity contribution in [2.24, 2.45) is 5.92 Å². The van der Waals surface area contributed by atoms with Crippen LogP contribution in [0.2, 0.25) is 5.02 Å². The van der Waals surface area contributed by atoms with E-state index in [0.29, 0.717) is 36.1 Å². The molecule has 1 aliphatic heterocycles. The van der Waals surface area contributed by atoms with Crippen LogP contribution in [0.3, 0.4) is 0 Å². The molecule has 0 aliphatic carbocycles. The molecule has 128 valence electrons. The predicted molar refractivity (Wildman–Crippen MR) is 89.2 cm³/mol. The van der Waals surface area contributed by atoms with E-state index in [1.165, 1.54) is 28.5 Å². The molecule has 0 aromatic carbocycles. The molecular weight excluding hydrogens is 357 g/mol. The smallest absolute Gasteiger partial charge is 0.413 e. The number of carbonyl (C=O) groups is 1. The predicted octanol–water partition coefficient (Wildman–Crippen LogP) is 3.91. The number of nitrogens with zero attached hydrogens (tertiary/aromatic N) is 3. The van der Waals surface area contributed by atoms with Crippen molar-refractivity contribution in [1.82, 2.24) is 9.97 Å². The average molecular weight is 372 g/mol. The summed E-state index contributed by atoms with van der Waals surface area (Å²) in [5, 5.41) is 11.8. The fraction of sp³-hybridized carbons (Fsp3) is 0.400. The minimum absolute atomic E-state index is 0.240. The molecule has 1 fully saturated rings. The second kappa shape index (κ2) is 7.42. The van der Waals surface area contributed by atoms with E-state index >= 15 is 0 Å². The van der Waals surface area contributed by atoms with Crippen molar-refractivity contribution in [3.8, 4) is 11.3 Å². The van der Waals surface area contributed by atoms with Crippen LogP contribution in [0.4, 0.5) is 14.3 Å². The SMILES string of the molecule is O=C(O)N(CC1CCOCC1)c1nc(-c2cc(F)ncc2Cl)cs1. The third kappa shape index (κ3) is 3.82. The number of pyridine rings is 1. The second-order valence-corrected chi connectivity index (χ2v) is 6.69. The zero-order valence-electron chi connectivity index (χ0n) is 12.6. The highest BCUT2D eigenvalue weighted by atomic mass is 35.5. The number of thiazole rings is 1. The standard InChI is InChI=1S/C15H15ClFN3O3S/c16-11-6-18-13(17)5-10(11)12-8-24-14(19-12)20(15(21)22)7-9-1-3-23-4-2-9/h5-6,8-9H,1-4,7H2,(H,21,22). The number of carboxylic acid groups (broad SMARTS) is 1. The van der Waals surface area contributed by atoms with Gasteiger partial charge in [-0.3, -0.25) is 4.90 Å². The van der Waals surface area contributed by atoms with Gasteiger partial charge in [-0.15, -0.1) is 11.3 Å². The largest absolute Gasteiger partial charge is 0.465 e. The molecule has 1 saturated heterocycles. The first-order chi connectivity index (χ1) is 11.5. The van der Waals surface area contributed by atoms with Crippen molar-refractivity contribution in [1.29, 1.82) is 0 Å². The van der Waals surface area contributed by atoms with E-state index in [1.54, 1.807) is 5.38 Å². The number of aromatic nitrogens is 2. The molecule has 0 atom stereocenters. The number of hydrogen-bond donors (Lipinski definition) is 1. The maximum Gasteiger partial charge on any atom is 0.413 e. The van der Waals surface area contributed by atoms with Crippen LogP contribution in [0.1, 0.15) is 12.8 Å². The summed E-state index contributed by atoms with van der Waals surface area (Å²) in [6.45, 7) is 1.66. The van der Waals surface area contributed by atoms with Gasteiger partial charge in [0.1, 0.15) is 0 Å². The van der Waals surface area contributed by atoms with E-state index in [4.69, 9.17) is 16.3 Å². The lowest BCUT2D eigenvalue weighted by Crippen LogP contribution is -2.36. The molecule has 1 aliphatic rings. The van der Waals surface area contributed by atoms with Gasteiger partial charge in [0.05, 0.1) is 10.7 Å². The number of rotatable bonds is 4. The van der Waals surface area contributed by atoms with Gasteiger partial charge >= 0.3 is 6.09 Å². The topological polar surface area (TPSA) is 75.5 Å². The molecule has 3 heterocycles. The molecule has 0 bridgehead atoms. The fourth-order valence-corrected chi connectivity index (χ4v) is 3.57. The maximum atomic E-state index is 13.3. The van der Waals surface area contributed by atoms with Crippen molar-refractivity contribution in [3.63, 3.8) is 0 Å². The fourth-order valence-electron chi connectivity index (χ4n) is 2.55. The normalized spacial score (nSPS) is 15.4. The highest BCUT2D eigenvalue weighted by molar-refractivity contribution is 7.14. The van der Waals surface area contributed by atoms with Gasteiger partial charge in [-0.2, -0.15) is 4.39 Å². The Labute approximate surface area is 146 Å². The molecule has 0 saturated carbocycles. The number of ether oxygens (including phenoxy) is 1. The first-order valence-corrected chi connectivity index (χ1v) is 8.65. The quantitative estimate of drug-likeness (QED) is 0.824. The van der Waals surface area contributed by atoms with E-state index in [-0.39, 0.29) is 10.9 Å². The third-order valence-electron chi connectivity index (χ3n) is 3.83. The van der Waals surface area contributed by atoms with Crippen LogP contribution in [0.25, 0.3) is 11.3 Å². The highest BCUT2D eigenvalue weighted by Gasteiger charge is 2.24. The van der Waals surface area contributed by atoms with E-state index in [9.17, 15) is 14.3 Å². The molecule has 6 nitrogen and oxygen atoms in total. The van der Waals surface area contributed by atoms with E-state index in [1.807, 2.05) is 0 Å². The van der Waals surface area contributed by atoms with Crippen LogP contribution in [0, 0.1) is 11.9 Å². The zero-order valence-corrected chi connectivity index (χ0v) is 14.2. The van der Waals surface area contributed by atoms with Crippen molar-refractivity contribution < 1.29 is 19.0 Å². The van der Waals surface area contributed by atoms with Gasteiger partial charge in [0.15, 0.2) is 5.13 Å². The van der Waals surface area contributed by atoms with Crippen LogP contribution in [-0.4, -0.2) is 40.9 Å². The zero-order chi connectivity index (χ0) is 17.1. The summed E-state index contributed by atoms with van der Waals surface area (Å²) >= 11 is 7.21. The van der Waals surface area contributed by atoms with Crippen LogP contribution in [0.15, 0.2) is 17.6 Å². The molecule has 2 aromatic rings. The third-order valence-corrected chi connectivity index (χ3v) is 5.00. The Hall–Kier alpha value is -1.77. The van der Waals surface area contributed by atoms with Gasteiger partial charge < -0.3 is 9.84 Å². The lowest BCUT2D eigenvalue weighted by atomic mass is 10.00. The van der Waals surface area contributed by atoms with E-state index < -0.39 is 12.0 Å². The van der Waals surface area contributed by atoms with Crippen LogP contribution in [-0.2, 0) is 4.74 Å². The van der Waals surface area contributed by atoms with E-state index in [2.05, 4.69) is 9.97 Å². The maximum absolute atomic E-state index is 13.3. The molecule has 24 heavy (non-hydrogen) atoms. The molecule has 9 heteroatoms. The number of halogens is 2. The Morgan fingerprint density at radius 2 is 2.25 bits per heavy atom. The molecule has 0 spiro atoms. The summed E-state index contributed by atoms with van der Waals surface area (Å²) in [6, 6.07) is 1.19. The van der Waals surface area contributed by atoms with Gasteiger partial charge in [0.25, 0.3) is 0 Å². The summed E-state index contributed by atoms with van der Waals surface area (Å²) in [7, 11) is 0. The number of anilines is 1. The summed E-state index contributed by atoms with van der Waals surface area (Å²) in [5.74, 6) is -0.426. The van der Waals surface area contributed by atoms with Crippen molar-refractivity contribution in [3.05, 3.63) is 28.6 Å². The summed E-state index contributed by atoms with van der Waals surface area (Å²) in [6.07, 6.45) is 1.80. The van der Waals surface area contributed by atoms with Gasteiger partial charge in [-0.05, 0) is 18.8 Å². The second-order valence-electron chi connectivity index (χ2n) is 5.45. The highest BCUT2D eigenvalue weighted by Crippen LogP contribution is 2.32. The number of hydrogen-bond acceptors (Lipinski definition) is 5. The van der Waals surface area contributed by atoms with Gasteiger partial charge in [-0.1, -0.05) is 11.6 Å². The lowest BCUT2D eigenvalue weighted by Gasteiger charge is -2.26. The molecular formula is C15H15ClFN3O3S. The van der Waals surface area contributed by atoms with Crippen LogP contribution in [0.5, 0.6) is 0 Å². The van der Waals surface area contributed by atoms with Gasteiger partial charge in [0, 0.05) is 43.0 Å². The van der Waals surface area contributed by atoms with Crippen molar-refractivity contribution >= 4 is 34.2 Å². The minimum atomic E-state index is -1.06. The molecule has 1 amide bonds. The summed E-state index contributed by atoms with van der Waals surface area (Å²) in [5.41, 5.74) is 0.822. The van der Waals surface area contributed by atoms with E-state index in [0.717, 1.165) is 12.8 Å². The average Bonchev–Trinajstić information content (AvgIpc) is 3.05. The van der Waals surface area contributed by atoms with Crippen molar-refractivity contribution in [2.45, 2.75) is 12.8 Å². The Balaban J connectivity index is 1.83. The first kappa shape index (κ1) is 17.1. The monoisotopic (exact) mass is 371 g/mol. The van der Waals surface area contributed by atoms with Gasteiger partial charge in [0.2, 0.25) is 5.95 Å². The molecule has 3 rings (SSSR count). The van der Waals surface area contributed by atoms with Crippen LogP contribution >= 0.6 is 22.9 Å². The van der Waals surface area contributed by atoms with Crippen molar-refractivity contribution in [2.75, 3.05) is 24.7 Å². The molecule has 0 radical (unpaired) electrons. The Morgan fingerprint density at radius 1 is 1.50 bits per heavy atom. The molecule has 1 N–H and O–H groups in total. The minimum Gasteiger partial charge on any atom is -0.465 e. The summed E-state index contributed by atoms with van der Waals surface area (Å²) in [4.78, 5) is 20.6. The Kier molecular flexibility index (Phi) is 5.27. The van der Waals surface area contributed by atoms with Gasteiger partial charge in [-0.25, -0.2) is 14.8 Å². The molecule has 0 unspecified atom stereocenters. The van der Waals surface area contributed by atoms with Crippen LogP contribution < -0.4 is 4.90 Å². The number of amides is 1.